The molecule has 0 aliphatic carbocycles. The van der Waals surface area contributed by atoms with E-state index in [1.54, 1.807) is 0 Å². The number of aromatic nitrogens is 3. The van der Waals surface area contributed by atoms with Gasteiger partial charge in [-0.15, -0.1) is 5.10 Å². The lowest BCUT2D eigenvalue weighted by molar-refractivity contribution is -0.120. The molecule has 1 aliphatic rings. The number of halogens is 2. The molecule has 2 N–H and O–H groups in total. The van der Waals surface area contributed by atoms with E-state index in [9.17, 15) is 13.6 Å². The first-order valence-corrected chi connectivity index (χ1v) is 7.08. The van der Waals surface area contributed by atoms with Crippen molar-refractivity contribution in [2.24, 2.45) is 0 Å². The highest BCUT2D eigenvalue weighted by molar-refractivity contribution is 5.94. The van der Waals surface area contributed by atoms with Gasteiger partial charge in [0.25, 0.3) is 0 Å². The number of benzene rings is 1. The highest BCUT2D eigenvalue weighted by Crippen LogP contribution is 2.14. The lowest BCUT2D eigenvalue weighted by Crippen LogP contribution is -2.48. The minimum Gasteiger partial charge on any atom is -0.378 e. The number of nitrogens with one attached hydrogen (secondary N) is 2. The summed E-state index contributed by atoms with van der Waals surface area (Å²) in [7, 11) is 0. The number of carbonyl (C=O) groups excluding carboxylic acids is 1. The Morgan fingerprint density at radius 3 is 2.91 bits per heavy atom. The molecule has 23 heavy (non-hydrogen) atoms. The smallest absolute Gasteiger partial charge is 0.245 e. The summed E-state index contributed by atoms with van der Waals surface area (Å²) in [5, 5.41) is 13.1. The summed E-state index contributed by atoms with van der Waals surface area (Å²) >= 11 is 0. The van der Waals surface area contributed by atoms with E-state index >= 15 is 0 Å². The van der Waals surface area contributed by atoms with Crippen LogP contribution in [-0.2, 0) is 16.1 Å². The predicted octanol–water partition coefficient (Wildman–Crippen LogP) is 0.531. The zero-order valence-electron chi connectivity index (χ0n) is 12.1. The van der Waals surface area contributed by atoms with E-state index in [1.165, 1.54) is 29.1 Å². The van der Waals surface area contributed by atoms with Crippen LogP contribution in [0.2, 0.25) is 0 Å². The van der Waals surface area contributed by atoms with Crippen LogP contribution in [0, 0.1) is 11.6 Å². The molecule has 0 spiro atoms. The molecular weight excluding hydrogens is 308 g/mol. The summed E-state index contributed by atoms with van der Waals surface area (Å²) in [5.41, 5.74) is -0.113. The van der Waals surface area contributed by atoms with Crippen LogP contribution in [0.3, 0.4) is 0 Å². The van der Waals surface area contributed by atoms with E-state index in [4.69, 9.17) is 4.74 Å². The van der Waals surface area contributed by atoms with E-state index < -0.39 is 17.7 Å². The Morgan fingerprint density at radius 2 is 2.22 bits per heavy atom. The van der Waals surface area contributed by atoms with Crippen molar-refractivity contribution in [2.45, 2.75) is 12.6 Å². The number of rotatable bonds is 4. The molecular formula is C14H15F2N5O2. The number of nitrogens with zero attached hydrogens (tertiary/aromatic N) is 3. The van der Waals surface area contributed by atoms with Gasteiger partial charge in [-0.25, -0.2) is 13.5 Å². The zero-order valence-corrected chi connectivity index (χ0v) is 12.1. The fourth-order valence-corrected chi connectivity index (χ4v) is 2.23. The topological polar surface area (TPSA) is 81.1 Å². The molecule has 2 heterocycles. The van der Waals surface area contributed by atoms with Gasteiger partial charge < -0.3 is 15.4 Å². The summed E-state index contributed by atoms with van der Waals surface area (Å²) < 4.78 is 33.7. The minimum atomic E-state index is -0.658. The molecule has 1 amide bonds. The minimum absolute atomic E-state index is 0.113. The van der Waals surface area contributed by atoms with Gasteiger partial charge in [-0.1, -0.05) is 11.3 Å². The van der Waals surface area contributed by atoms with Gasteiger partial charge in [-0.05, 0) is 12.1 Å². The molecule has 7 nitrogen and oxygen atoms in total. The van der Waals surface area contributed by atoms with E-state index in [2.05, 4.69) is 20.9 Å². The van der Waals surface area contributed by atoms with Crippen molar-refractivity contribution in [1.29, 1.82) is 0 Å². The molecule has 3 rings (SSSR count). The van der Waals surface area contributed by atoms with E-state index in [0.29, 0.717) is 13.2 Å². The summed E-state index contributed by atoms with van der Waals surface area (Å²) in [4.78, 5) is 12.0. The third kappa shape index (κ3) is 3.69. The number of hydrogen-bond acceptors (Lipinski definition) is 5. The third-order valence-corrected chi connectivity index (χ3v) is 3.41. The summed E-state index contributed by atoms with van der Waals surface area (Å²) in [5.74, 6) is -1.41. The monoisotopic (exact) mass is 323 g/mol. The van der Waals surface area contributed by atoms with Crippen molar-refractivity contribution in [2.75, 3.05) is 25.1 Å². The molecule has 9 heteroatoms. The van der Waals surface area contributed by atoms with Crippen LogP contribution in [-0.4, -0.2) is 46.7 Å². The second-order valence-corrected chi connectivity index (χ2v) is 5.07. The molecule has 122 valence electrons. The van der Waals surface area contributed by atoms with Crippen LogP contribution in [0.1, 0.15) is 5.56 Å². The van der Waals surface area contributed by atoms with Crippen LogP contribution >= 0.6 is 0 Å². The van der Waals surface area contributed by atoms with Crippen molar-refractivity contribution in [3.05, 3.63) is 41.6 Å². The Bertz CT molecular complexity index is 680. The molecule has 0 saturated carbocycles. The highest BCUT2D eigenvalue weighted by Gasteiger charge is 2.22. The highest BCUT2D eigenvalue weighted by atomic mass is 19.1. The third-order valence-electron chi connectivity index (χ3n) is 3.41. The number of carbonyl (C=O) groups is 1. The Balaban J connectivity index is 1.65. The molecule has 0 bridgehead atoms. The summed E-state index contributed by atoms with van der Waals surface area (Å²) in [6.07, 6.45) is 1.41. The number of morpholine rings is 1. The fourth-order valence-electron chi connectivity index (χ4n) is 2.23. The van der Waals surface area contributed by atoms with Crippen LogP contribution in [0.4, 0.5) is 14.6 Å². The normalized spacial score (nSPS) is 17.9. The van der Waals surface area contributed by atoms with Gasteiger partial charge in [0.1, 0.15) is 17.7 Å². The molecule has 0 unspecified atom stereocenters. The van der Waals surface area contributed by atoms with Crippen LogP contribution < -0.4 is 10.6 Å². The average Bonchev–Trinajstić information content (AvgIpc) is 2.99. The average molecular weight is 323 g/mol. The zero-order chi connectivity index (χ0) is 16.2. The predicted molar refractivity (Wildman–Crippen MR) is 76.7 cm³/mol. The Labute approximate surface area is 130 Å². The van der Waals surface area contributed by atoms with E-state index in [0.717, 1.165) is 0 Å². The SMILES string of the molecule is O=C(Nc1cn(Cc2c(F)cccc2F)nn1)[C@@H]1COCCN1. The van der Waals surface area contributed by atoms with Gasteiger partial charge in [0.05, 0.1) is 26.0 Å². The van der Waals surface area contributed by atoms with Crippen molar-refractivity contribution >= 4 is 11.7 Å². The second kappa shape index (κ2) is 6.80. The number of hydrogen-bond donors (Lipinski definition) is 2. The van der Waals surface area contributed by atoms with Gasteiger partial charge in [-0.2, -0.15) is 0 Å². The first-order valence-electron chi connectivity index (χ1n) is 7.08. The van der Waals surface area contributed by atoms with Gasteiger partial charge in [0.15, 0.2) is 5.82 Å². The van der Waals surface area contributed by atoms with Crippen molar-refractivity contribution in [1.82, 2.24) is 20.3 Å². The quantitative estimate of drug-likeness (QED) is 0.858. The summed E-state index contributed by atoms with van der Waals surface area (Å²) in [6, 6.07) is 3.18. The van der Waals surface area contributed by atoms with Crippen LogP contribution in [0.5, 0.6) is 0 Å². The van der Waals surface area contributed by atoms with Gasteiger partial charge >= 0.3 is 0 Å². The molecule has 1 fully saturated rings. The molecule has 1 aliphatic heterocycles. The maximum atomic E-state index is 13.6. The second-order valence-electron chi connectivity index (χ2n) is 5.07. The molecule has 1 saturated heterocycles. The van der Waals surface area contributed by atoms with Gasteiger partial charge in [0, 0.05) is 12.1 Å². The number of amides is 1. The first-order chi connectivity index (χ1) is 11.1. The van der Waals surface area contributed by atoms with Crippen molar-refractivity contribution in [3.8, 4) is 0 Å². The van der Waals surface area contributed by atoms with Gasteiger partial charge in [-0.3, -0.25) is 4.79 Å². The first kappa shape index (κ1) is 15.5. The van der Waals surface area contributed by atoms with Crippen molar-refractivity contribution in [3.63, 3.8) is 0 Å². The maximum Gasteiger partial charge on any atom is 0.245 e. The van der Waals surface area contributed by atoms with E-state index in [-0.39, 0.29) is 30.4 Å². The Morgan fingerprint density at radius 1 is 1.43 bits per heavy atom. The number of ether oxygens (including phenoxy) is 1. The standard InChI is InChI=1S/C14H15F2N5O2/c15-10-2-1-3-11(16)9(10)6-21-7-13(19-20-21)18-14(22)12-8-23-5-4-17-12/h1-3,7,12,17H,4-6,8H2,(H,18,22)/t12-/m0/s1. The largest absolute Gasteiger partial charge is 0.378 e. The lowest BCUT2D eigenvalue weighted by Gasteiger charge is -2.22. The fraction of sp³-hybridized carbons (Fsp3) is 0.357. The molecule has 1 atom stereocenters. The number of anilines is 1. The van der Waals surface area contributed by atoms with Crippen LogP contribution in [0.25, 0.3) is 0 Å². The maximum absolute atomic E-state index is 13.6. The summed E-state index contributed by atoms with van der Waals surface area (Å²) in [6.45, 7) is 1.32. The Hall–Kier alpha value is -2.39. The molecule has 1 aromatic heterocycles. The Kier molecular flexibility index (Phi) is 4.58. The lowest BCUT2D eigenvalue weighted by atomic mass is 10.2. The van der Waals surface area contributed by atoms with Gasteiger partial charge in [0.2, 0.25) is 5.91 Å². The molecule has 1 aromatic carbocycles. The van der Waals surface area contributed by atoms with Crippen molar-refractivity contribution < 1.29 is 18.3 Å². The van der Waals surface area contributed by atoms with Crippen LogP contribution in [0.15, 0.2) is 24.4 Å². The van der Waals surface area contributed by atoms with E-state index in [1.807, 2.05) is 0 Å². The molecule has 2 aromatic rings. The molecule has 0 radical (unpaired) electrons.